The fourth-order valence-corrected chi connectivity index (χ4v) is 2.97. The molecule has 1 aromatic carbocycles. The monoisotopic (exact) mass is 463 g/mol. The van der Waals surface area contributed by atoms with Crippen molar-refractivity contribution in [3.63, 3.8) is 0 Å². The minimum absolute atomic E-state index is 0.0377. The molecule has 0 bridgehead atoms. The predicted octanol–water partition coefficient (Wildman–Crippen LogP) is 4.18. The summed E-state index contributed by atoms with van der Waals surface area (Å²) >= 11 is 5.63. The maximum atomic E-state index is 12.1. The van der Waals surface area contributed by atoms with Crippen molar-refractivity contribution in [3.8, 4) is 6.07 Å². The highest BCUT2D eigenvalue weighted by molar-refractivity contribution is 6.17. The van der Waals surface area contributed by atoms with E-state index in [1.165, 1.54) is 6.08 Å². The molecule has 2 aromatic rings. The zero-order valence-electron chi connectivity index (χ0n) is 18.6. The summed E-state index contributed by atoms with van der Waals surface area (Å²) in [5.41, 5.74) is 1.97. The number of carbonyl (C=O) groups excluding carboxylic acids is 1. The molecule has 32 heavy (non-hydrogen) atoms. The van der Waals surface area contributed by atoms with Gasteiger partial charge in [-0.25, -0.2) is 9.78 Å². The highest BCUT2D eigenvalue weighted by Gasteiger charge is 2.13. The summed E-state index contributed by atoms with van der Waals surface area (Å²) in [6.45, 7) is 1.86. The molecule has 9 heteroatoms. The molecule has 8 nitrogen and oxygen atoms in total. The first-order chi connectivity index (χ1) is 15.5. The molecule has 0 aliphatic carbocycles. The Morgan fingerprint density at radius 2 is 1.84 bits per heavy atom. The summed E-state index contributed by atoms with van der Waals surface area (Å²) in [4.78, 5) is 18.4. The normalized spacial score (nSPS) is 11.5. The van der Waals surface area contributed by atoms with Crippen molar-refractivity contribution in [3.05, 3.63) is 29.7 Å². The highest BCUT2D eigenvalue weighted by atomic mass is 35.5. The number of ether oxygens (including phenoxy) is 3. The van der Waals surface area contributed by atoms with Gasteiger partial charge in [-0.1, -0.05) is 12.8 Å². The number of hydrogen-bond donors (Lipinski definition) is 0. The predicted molar refractivity (Wildman–Crippen MR) is 124 cm³/mol. The molecule has 174 valence electrons. The van der Waals surface area contributed by atoms with E-state index in [9.17, 15) is 10.1 Å². The third-order valence-electron chi connectivity index (χ3n) is 4.52. The highest BCUT2D eigenvalue weighted by Crippen LogP contribution is 2.22. The summed E-state index contributed by atoms with van der Waals surface area (Å²) < 4.78 is 21.6. The molecular formula is C23H30ClN3O5. The number of aromatic nitrogens is 1. The largest absolute Gasteiger partial charge is 0.459 e. The van der Waals surface area contributed by atoms with Crippen LogP contribution in [0.25, 0.3) is 17.2 Å². The van der Waals surface area contributed by atoms with Gasteiger partial charge in [-0.05, 0) is 25.0 Å². The molecule has 0 fully saturated rings. The van der Waals surface area contributed by atoms with Crippen molar-refractivity contribution in [1.82, 2.24) is 4.98 Å². The number of unbranched alkanes of at least 4 members (excludes halogenated alkanes) is 3. The number of esters is 1. The average Bonchev–Trinajstić information content (AvgIpc) is 3.19. The number of hydrogen-bond acceptors (Lipinski definition) is 8. The zero-order chi connectivity index (χ0) is 23.2. The minimum atomic E-state index is -0.750. The van der Waals surface area contributed by atoms with Crippen molar-refractivity contribution in [2.24, 2.45) is 0 Å². The van der Waals surface area contributed by atoms with Crippen LogP contribution in [0.3, 0.4) is 0 Å². The van der Waals surface area contributed by atoms with Gasteiger partial charge in [-0.2, -0.15) is 5.26 Å². The second-order valence-electron chi connectivity index (χ2n) is 7.23. The Labute approximate surface area is 193 Å². The van der Waals surface area contributed by atoms with Gasteiger partial charge in [0.25, 0.3) is 0 Å². The molecule has 0 saturated heterocycles. The second-order valence-corrected chi connectivity index (χ2v) is 7.61. The summed E-state index contributed by atoms with van der Waals surface area (Å²) in [6.07, 6.45) is 5.56. The first-order valence-corrected chi connectivity index (χ1v) is 11.2. The van der Waals surface area contributed by atoms with Crippen LogP contribution in [0.4, 0.5) is 5.69 Å². The van der Waals surface area contributed by atoms with Crippen LogP contribution in [-0.4, -0.2) is 64.0 Å². The van der Waals surface area contributed by atoms with E-state index < -0.39 is 5.97 Å². The molecule has 0 N–H and O–H groups in total. The summed E-state index contributed by atoms with van der Waals surface area (Å²) in [5.74, 6) is 0.125. The molecule has 2 rings (SSSR count). The van der Waals surface area contributed by atoms with Gasteiger partial charge in [0.2, 0.25) is 5.89 Å². The number of oxazole rings is 1. The van der Waals surface area contributed by atoms with Gasteiger partial charge in [0.05, 0.1) is 19.8 Å². The first-order valence-electron chi connectivity index (χ1n) is 10.6. The average molecular weight is 464 g/mol. The molecule has 0 aliphatic rings. The van der Waals surface area contributed by atoms with E-state index in [2.05, 4.69) is 4.98 Å². The Morgan fingerprint density at radius 1 is 1.12 bits per heavy atom. The van der Waals surface area contributed by atoms with Crippen LogP contribution < -0.4 is 4.90 Å². The minimum Gasteiger partial charge on any atom is -0.459 e. The van der Waals surface area contributed by atoms with Gasteiger partial charge < -0.3 is 23.5 Å². The lowest BCUT2D eigenvalue weighted by Gasteiger charge is -2.10. The van der Waals surface area contributed by atoms with Crippen molar-refractivity contribution in [2.45, 2.75) is 25.7 Å². The van der Waals surface area contributed by atoms with Crippen molar-refractivity contribution in [1.29, 1.82) is 5.26 Å². The summed E-state index contributed by atoms with van der Waals surface area (Å²) in [7, 11) is 3.84. The standard InChI is InChI=1S/C23H30ClN3O5/c1-27(2)19-7-8-20-21(16-19)32-22(26-20)15-18(17-25)23(28)31-14-13-30-12-11-29-10-6-4-3-5-9-24/h7-8,15-16H,3-6,9-14H2,1-2H3/b18-15+. The van der Waals surface area contributed by atoms with Gasteiger partial charge >= 0.3 is 5.97 Å². The molecule has 0 aliphatic heterocycles. The van der Waals surface area contributed by atoms with Crippen molar-refractivity contribution >= 4 is 40.4 Å². The quantitative estimate of drug-likeness (QED) is 0.127. The van der Waals surface area contributed by atoms with E-state index in [1.54, 1.807) is 0 Å². The fraction of sp³-hybridized carbons (Fsp3) is 0.522. The van der Waals surface area contributed by atoms with Crippen LogP contribution in [-0.2, 0) is 19.0 Å². The number of fused-ring (bicyclic) bond motifs is 1. The lowest BCUT2D eigenvalue weighted by molar-refractivity contribution is -0.140. The molecule has 0 unspecified atom stereocenters. The Bertz CT molecular complexity index is 920. The Balaban J connectivity index is 1.69. The van der Waals surface area contributed by atoms with Crippen LogP contribution in [0.15, 0.2) is 28.2 Å². The maximum absolute atomic E-state index is 12.1. The summed E-state index contributed by atoms with van der Waals surface area (Å²) in [6, 6.07) is 7.39. The molecule has 0 spiro atoms. The topological polar surface area (TPSA) is 97.8 Å². The molecule has 1 heterocycles. The van der Waals surface area contributed by atoms with Crippen LogP contribution >= 0.6 is 11.6 Å². The van der Waals surface area contributed by atoms with E-state index >= 15 is 0 Å². The number of nitriles is 1. The zero-order valence-corrected chi connectivity index (χ0v) is 19.4. The number of alkyl halides is 1. The third-order valence-corrected chi connectivity index (χ3v) is 4.79. The van der Waals surface area contributed by atoms with Crippen LogP contribution in [0.5, 0.6) is 0 Å². The van der Waals surface area contributed by atoms with E-state index in [4.69, 9.17) is 30.2 Å². The lowest BCUT2D eigenvalue weighted by atomic mass is 10.2. The Hall–Kier alpha value is -2.60. The number of nitrogens with zero attached hydrogens (tertiary/aromatic N) is 3. The van der Waals surface area contributed by atoms with Gasteiger partial charge in [-0.3, -0.25) is 0 Å². The van der Waals surface area contributed by atoms with Crippen LogP contribution in [0, 0.1) is 11.3 Å². The molecule has 0 atom stereocenters. The third kappa shape index (κ3) is 8.87. The van der Waals surface area contributed by atoms with E-state index in [1.807, 2.05) is 43.3 Å². The molecular weight excluding hydrogens is 434 g/mol. The van der Waals surface area contributed by atoms with Crippen molar-refractivity contribution < 1.29 is 23.4 Å². The molecule has 0 radical (unpaired) electrons. The second kappa shape index (κ2) is 14.5. The van der Waals surface area contributed by atoms with Crippen LogP contribution in [0.1, 0.15) is 31.6 Å². The van der Waals surface area contributed by atoms with E-state index in [0.717, 1.165) is 31.4 Å². The maximum Gasteiger partial charge on any atom is 0.349 e. The number of benzene rings is 1. The number of anilines is 1. The summed E-state index contributed by atoms with van der Waals surface area (Å²) in [5, 5.41) is 9.29. The lowest BCUT2D eigenvalue weighted by Crippen LogP contribution is -2.14. The fourth-order valence-electron chi connectivity index (χ4n) is 2.78. The van der Waals surface area contributed by atoms with Crippen molar-refractivity contribution in [2.75, 3.05) is 57.9 Å². The smallest absolute Gasteiger partial charge is 0.349 e. The van der Waals surface area contributed by atoms with Gasteiger partial charge in [0, 0.05) is 44.4 Å². The number of rotatable bonds is 15. The SMILES string of the molecule is CN(C)c1ccc2nc(/C=C(\C#N)C(=O)OCCOCCOCCCCCCCl)oc2c1. The molecule has 0 saturated carbocycles. The molecule has 0 amide bonds. The van der Waals surface area contributed by atoms with E-state index in [0.29, 0.717) is 36.8 Å². The number of carbonyl (C=O) groups is 1. The van der Waals surface area contributed by atoms with Gasteiger partial charge in [0.1, 0.15) is 23.8 Å². The Morgan fingerprint density at radius 3 is 2.56 bits per heavy atom. The van der Waals surface area contributed by atoms with Crippen LogP contribution in [0.2, 0.25) is 0 Å². The number of halogens is 1. The van der Waals surface area contributed by atoms with Gasteiger partial charge in [0.15, 0.2) is 5.58 Å². The van der Waals surface area contributed by atoms with Gasteiger partial charge in [-0.15, -0.1) is 11.6 Å². The first kappa shape index (κ1) is 25.7. The van der Waals surface area contributed by atoms with E-state index in [-0.39, 0.29) is 24.7 Å². The Kier molecular flexibility index (Phi) is 11.6. The molecule has 1 aromatic heterocycles.